The lowest BCUT2D eigenvalue weighted by Crippen LogP contribution is -2.49. The van der Waals surface area contributed by atoms with E-state index in [0.29, 0.717) is 11.4 Å². The van der Waals surface area contributed by atoms with E-state index in [4.69, 9.17) is 4.74 Å². The molecule has 0 aliphatic carbocycles. The van der Waals surface area contributed by atoms with E-state index in [0.717, 1.165) is 0 Å². The number of hydrogen-bond donors (Lipinski definition) is 1. The molecule has 1 aromatic carbocycles. The van der Waals surface area contributed by atoms with Crippen LogP contribution >= 0.6 is 0 Å². The molecule has 1 amide bonds. The summed E-state index contributed by atoms with van der Waals surface area (Å²) in [5.74, 6) is -0.541. The minimum absolute atomic E-state index is 0.117. The van der Waals surface area contributed by atoms with Gasteiger partial charge in [0.1, 0.15) is 5.75 Å². The quantitative estimate of drug-likeness (QED) is 0.904. The first kappa shape index (κ1) is 13.4. The number of anilines is 1. The molecule has 0 fully saturated rings. The number of para-hydroxylation sites is 2. The SMILES string of the molecule is CC1Oc2ccccc2N(CC(C)(C)C(=O)O)C1=O. The Morgan fingerprint density at radius 3 is 2.68 bits per heavy atom. The van der Waals surface area contributed by atoms with Crippen molar-refractivity contribution in [3.05, 3.63) is 24.3 Å². The van der Waals surface area contributed by atoms with Crippen LogP contribution in [0.25, 0.3) is 0 Å². The topological polar surface area (TPSA) is 66.8 Å². The molecule has 0 spiro atoms. The number of carboxylic acid groups (broad SMARTS) is 1. The molecule has 0 bridgehead atoms. The second kappa shape index (κ2) is 4.57. The molecule has 0 saturated carbocycles. The molecule has 102 valence electrons. The summed E-state index contributed by atoms with van der Waals surface area (Å²) >= 11 is 0. The van der Waals surface area contributed by atoms with Gasteiger partial charge in [-0.1, -0.05) is 12.1 Å². The fraction of sp³-hybridized carbons (Fsp3) is 0.429. The van der Waals surface area contributed by atoms with Gasteiger partial charge in [0.05, 0.1) is 11.1 Å². The lowest BCUT2D eigenvalue weighted by Gasteiger charge is -2.36. The van der Waals surface area contributed by atoms with Crippen LogP contribution in [0, 0.1) is 5.41 Å². The molecule has 2 rings (SSSR count). The van der Waals surface area contributed by atoms with Crippen LogP contribution in [0.3, 0.4) is 0 Å². The minimum atomic E-state index is -1.01. The average Bonchev–Trinajstić information content (AvgIpc) is 2.34. The third kappa shape index (κ3) is 2.41. The van der Waals surface area contributed by atoms with Gasteiger partial charge in [0.25, 0.3) is 5.91 Å². The van der Waals surface area contributed by atoms with Crippen LogP contribution < -0.4 is 9.64 Å². The lowest BCUT2D eigenvalue weighted by atomic mass is 9.92. The highest BCUT2D eigenvalue weighted by Gasteiger charge is 2.37. The van der Waals surface area contributed by atoms with Crippen molar-refractivity contribution in [3.8, 4) is 5.75 Å². The van der Waals surface area contributed by atoms with E-state index >= 15 is 0 Å². The van der Waals surface area contributed by atoms with Crippen LogP contribution in [0.5, 0.6) is 5.75 Å². The fourth-order valence-electron chi connectivity index (χ4n) is 1.98. The highest BCUT2D eigenvalue weighted by molar-refractivity contribution is 6.00. The maximum Gasteiger partial charge on any atom is 0.310 e. The summed E-state index contributed by atoms with van der Waals surface area (Å²) in [6, 6.07) is 7.16. The number of carboxylic acids is 1. The summed E-state index contributed by atoms with van der Waals surface area (Å²) in [7, 11) is 0. The molecule has 1 unspecified atom stereocenters. The number of hydrogen-bond acceptors (Lipinski definition) is 3. The highest BCUT2D eigenvalue weighted by Crippen LogP contribution is 2.35. The zero-order valence-electron chi connectivity index (χ0n) is 11.2. The van der Waals surface area contributed by atoms with Crippen LogP contribution in [0.4, 0.5) is 5.69 Å². The van der Waals surface area contributed by atoms with Crippen LogP contribution in [0.15, 0.2) is 24.3 Å². The normalized spacial score (nSPS) is 18.8. The summed E-state index contributed by atoms with van der Waals surface area (Å²) in [6.07, 6.45) is -0.598. The Balaban J connectivity index is 2.38. The van der Waals surface area contributed by atoms with Crippen molar-refractivity contribution in [2.24, 2.45) is 5.41 Å². The summed E-state index contributed by atoms with van der Waals surface area (Å²) in [5, 5.41) is 9.20. The van der Waals surface area contributed by atoms with Gasteiger partial charge in [-0.05, 0) is 32.9 Å². The van der Waals surface area contributed by atoms with Gasteiger partial charge in [0, 0.05) is 6.54 Å². The molecule has 1 aliphatic heterocycles. The first-order valence-electron chi connectivity index (χ1n) is 6.13. The molecule has 5 heteroatoms. The Bertz CT molecular complexity index is 524. The van der Waals surface area contributed by atoms with Crippen molar-refractivity contribution in [1.29, 1.82) is 0 Å². The van der Waals surface area contributed by atoms with Crippen molar-refractivity contribution >= 4 is 17.6 Å². The van der Waals surface area contributed by atoms with Crippen LogP contribution in [0.1, 0.15) is 20.8 Å². The predicted octanol–water partition coefficient (Wildman–Crippen LogP) is 1.91. The van der Waals surface area contributed by atoms with E-state index in [1.165, 1.54) is 4.90 Å². The standard InChI is InChI=1S/C14H17NO4/c1-9-12(16)15(8-14(2,3)13(17)18)10-6-4-5-7-11(10)19-9/h4-7,9H,8H2,1-3H3,(H,17,18). The second-order valence-electron chi connectivity index (χ2n) is 5.34. The molecule has 5 nitrogen and oxygen atoms in total. The largest absolute Gasteiger partial charge is 0.481 e. The number of amides is 1. The summed E-state index contributed by atoms with van der Waals surface area (Å²) in [6.45, 7) is 4.99. The molecule has 1 atom stereocenters. The van der Waals surface area contributed by atoms with Crippen molar-refractivity contribution in [2.45, 2.75) is 26.9 Å². The van der Waals surface area contributed by atoms with Crippen molar-refractivity contribution < 1.29 is 19.4 Å². The predicted molar refractivity (Wildman–Crippen MR) is 70.3 cm³/mol. The molecule has 19 heavy (non-hydrogen) atoms. The fourth-order valence-corrected chi connectivity index (χ4v) is 1.98. The first-order chi connectivity index (χ1) is 8.83. The molecule has 0 aromatic heterocycles. The van der Waals surface area contributed by atoms with E-state index in [1.807, 2.05) is 6.07 Å². The van der Waals surface area contributed by atoms with Gasteiger partial charge in [-0.2, -0.15) is 0 Å². The summed E-state index contributed by atoms with van der Waals surface area (Å²) in [4.78, 5) is 24.9. The number of nitrogens with zero attached hydrogens (tertiary/aromatic N) is 1. The van der Waals surface area contributed by atoms with Gasteiger partial charge in [-0.15, -0.1) is 0 Å². The van der Waals surface area contributed by atoms with Gasteiger partial charge in [-0.25, -0.2) is 0 Å². The molecule has 1 heterocycles. The van der Waals surface area contributed by atoms with Gasteiger partial charge in [0.15, 0.2) is 6.10 Å². The maximum atomic E-state index is 12.2. The number of ether oxygens (including phenoxy) is 1. The van der Waals surface area contributed by atoms with Crippen molar-refractivity contribution in [2.75, 3.05) is 11.4 Å². The maximum absolute atomic E-state index is 12.2. The highest BCUT2D eigenvalue weighted by atomic mass is 16.5. The smallest absolute Gasteiger partial charge is 0.310 e. The zero-order valence-corrected chi connectivity index (χ0v) is 11.2. The number of fused-ring (bicyclic) bond motifs is 1. The number of carbonyl (C=O) groups excluding carboxylic acids is 1. The van der Waals surface area contributed by atoms with Gasteiger partial charge in [0.2, 0.25) is 0 Å². The van der Waals surface area contributed by atoms with Crippen LogP contribution in [0.2, 0.25) is 0 Å². The van der Waals surface area contributed by atoms with Gasteiger partial charge >= 0.3 is 5.97 Å². The summed E-state index contributed by atoms with van der Waals surface area (Å²) < 4.78 is 5.51. The number of carbonyl (C=O) groups is 2. The van der Waals surface area contributed by atoms with Gasteiger partial charge in [-0.3, -0.25) is 9.59 Å². The third-order valence-electron chi connectivity index (χ3n) is 3.21. The lowest BCUT2D eigenvalue weighted by molar-refractivity contribution is -0.146. The molecule has 1 N–H and O–H groups in total. The molecular formula is C14H17NO4. The minimum Gasteiger partial charge on any atom is -0.481 e. The second-order valence-corrected chi connectivity index (χ2v) is 5.34. The van der Waals surface area contributed by atoms with E-state index in [2.05, 4.69) is 0 Å². The molecule has 0 saturated heterocycles. The third-order valence-corrected chi connectivity index (χ3v) is 3.21. The Hall–Kier alpha value is -2.04. The number of rotatable bonds is 3. The molecule has 1 aliphatic rings. The first-order valence-corrected chi connectivity index (χ1v) is 6.13. The van der Waals surface area contributed by atoms with Crippen molar-refractivity contribution in [3.63, 3.8) is 0 Å². The van der Waals surface area contributed by atoms with Gasteiger partial charge < -0.3 is 14.7 Å². The van der Waals surface area contributed by atoms with E-state index in [-0.39, 0.29) is 12.5 Å². The monoisotopic (exact) mass is 263 g/mol. The number of aliphatic carboxylic acids is 1. The average molecular weight is 263 g/mol. The van der Waals surface area contributed by atoms with E-state index in [9.17, 15) is 14.7 Å². The Morgan fingerprint density at radius 1 is 1.42 bits per heavy atom. The Kier molecular flexibility index (Phi) is 3.22. The van der Waals surface area contributed by atoms with E-state index in [1.54, 1.807) is 39.0 Å². The molecular weight excluding hydrogens is 246 g/mol. The summed E-state index contributed by atoms with van der Waals surface area (Å²) in [5.41, 5.74) is -0.389. The van der Waals surface area contributed by atoms with Crippen LogP contribution in [-0.2, 0) is 9.59 Å². The Labute approximate surface area is 111 Å². The van der Waals surface area contributed by atoms with E-state index < -0.39 is 17.5 Å². The molecule has 1 aromatic rings. The zero-order chi connectivity index (χ0) is 14.2. The Morgan fingerprint density at radius 2 is 2.05 bits per heavy atom. The van der Waals surface area contributed by atoms with Crippen LogP contribution in [-0.4, -0.2) is 29.6 Å². The van der Waals surface area contributed by atoms with Crippen molar-refractivity contribution in [1.82, 2.24) is 0 Å². The molecule has 0 radical (unpaired) electrons. The number of benzene rings is 1.